The average molecular weight is 241 g/mol. The number of nitrogens with one attached hydrogen (secondary N) is 2. The van der Waals surface area contributed by atoms with Gasteiger partial charge in [-0.3, -0.25) is 4.79 Å². The molecule has 0 aliphatic carbocycles. The van der Waals surface area contributed by atoms with E-state index in [4.69, 9.17) is 0 Å². The summed E-state index contributed by atoms with van der Waals surface area (Å²) in [6.07, 6.45) is 1.79. The molecule has 16 heavy (non-hydrogen) atoms. The van der Waals surface area contributed by atoms with Crippen molar-refractivity contribution in [1.29, 1.82) is 0 Å². The quantitative estimate of drug-likeness (QED) is 0.818. The first-order valence-electron chi connectivity index (χ1n) is 5.34. The highest BCUT2D eigenvalue weighted by molar-refractivity contribution is 7.09. The van der Waals surface area contributed by atoms with E-state index in [1.54, 1.807) is 24.6 Å². The second-order valence-electron chi connectivity index (χ2n) is 4.36. The molecule has 1 atom stereocenters. The van der Waals surface area contributed by atoms with Gasteiger partial charge in [0.15, 0.2) is 0 Å². The molecule has 0 aliphatic heterocycles. The number of nitrogens with zero attached hydrogens (tertiary/aromatic N) is 1. The molecule has 1 aromatic heterocycles. The van der Waals surface area contributed by atoms with Gasteiger partial charge >= 0.3 is 0 Å². The zero-order valence-corrected chi connectivity index (χ0v) is 11.0. The number of likely N-dealkylation sites (N-methyl/N-ethyl adjacent to an activating group) is 1. The molecule has 0 fully saturated rings. The zero-order chi connectivity index (χ0) is 12.2. The average Bonchev–Trinajstić information content (AvgIpc) is 2.78. The second kappa shape index (κ2) is 5.41. The fraction of sp³-hybridized carbons (Fsp3) is 0.636. The van der Waals surface area contributed by atoms with Crippen LogP contribution in [0.1, 0.15) is 31.7 Å². The lowest BCUT2D eigenvalue weighted by molar-refractivity contribution is -0.126. The van der Waals surface area contributed by atoms with Crippen molar-refractivity contribution in [3.05, 3.63) is 16.6 Å². The van der Waals surface area contributed by atoms with E-state index in [0.717, 1.165) is 5.01 Å². The number of hydrogen-bond acceptors (Lipinski definition) is 4. The molecule has 1 rings (SSSR count). The van der Waals surface area contributed by atoms with Crippen LogP contribution in [0.4, 0.5) is 0 Å². The van der Waals surface area contributed by atoms with Crippen LogP contribution in [0.2, 0.25) is 0 Å². The van der Waals surface area contributed by atoms with E-state index in [0.29, 0.717) is 6.54 Å². The van der Waals surface area contributed by atoms with E-state index in [1.807, 2.05) is 19.2 Å². The molecule has 0 saturated heterocycles. The monoisotopic (exact) mass is 241 g/mol. The predicted molar refractivity (Wildman–Crippen MR) is 66.7 cm³/mol. The molecule has 0 bridgehead atoms. The number of rotatable bonds is 5. The van der Waals surface area contributed by atoms with Gasteiger partial charge in [0.2, 0.25) is 5.91 Å². The maximum absolute atomic E-state index is 11.8. The number of hydrogen-bond donors (Lipinski definition) is 2. The van der Waals surface area contributed by atoms with Gasteiger partial charge < -0.3 is 10.6 Å². The van der Waals surface area contributed by atoms with Crippen molar-refractivity contribution in [1.82, 2.24) is 15.6 Å². The van der Waals surface area contributed by atoms with Crippen molar-refractivity contribution in [3.8, 4) is 0 Å². The molecule has 0 spiro atoms. The van der Waals surface area contributed by atoms with Gasteiger partial charge in [-0.05, 0) is 20.9 Å². The van der Waals surface area contributed by atoms with Crippen LogP contribution in [-0.4, -0.2) is 30.0 Å². The number of carbonyl (C=O) groups is 1. The number of thiazole rings is 1. The van der Waals surface area contributed by atoms with Crippen LogP contribution in [0, 0.1) is 0 Å². The molecular weight excluding hydrogens is 222 g/mol. The standard InChI is InChI=1S/C11H19N3OS/c1-8(9-13-5-6-16-9)7-14-10(15)11(2,3)12-4/h5-6,8,12H,7H2,1-4H3,(H,14,15). The minimum Gasteiger partial charge on any atom is -0.354 e. The third-order valence-electron chi connectivity index (χ3n) is 2.63. The number of aromatic nitrogens is 1. The highest BCUT2D eigenvalue weighted by Crippen LogP contribution is 2.16. The lowest BCUT2D eigenvalue weighted by Crippen LogP contribution is -2.51. The lowest BCUT2D eigenvalue weighted by Gasteiger charge is -2.23. The van der Waals surface area contributed by atoms with E-state index in [-0.39, 0.29) is 11.8 Å². The molecule has 0 saturated carbocycles. The summed E-state index contributed by atoms with van der Waals surface area (Å²) in [6.45, 7) is 6.40. The summed E-state index contributed by atoms with van der Waals surface area (Å²) in [5.41, 5.74) is -0.525. The summed E-state index contributed by atoms with van der Waals surface area (Å²) < 4.78 is 0. The SMILES string of the molecule is CNC(C)(C)C(=O)NCC(C)c1nccs1. The first-order valence-corrected chi connectivity index (χ1v) is 6.22. The van der Waals surface area contributed by atoms with Crippen LogP contribution in [0.15, 0.2) is 11.6 Å². The highest BCUT2D eigenvalue weighted by Gasteiger charge is 2.25. The van der Waals surface area contributed by atoms with Crippen molar-refractivity contribution < 1.29 is 4.79 Å². The Labute approximate surface area is 100 Å². The Hall–Kier alpha value is -0.940. The van der Waals surface area contributed by atoms with Gasteiger partial charge in [0.05, 0.1) is 10.5 Å². The predicted octanol–water partition coefficient (Wildman–Crippen LogP) is 1.36. The molecular formula is C11H19N3OS. The summed E-state index contributed by atoms with van der Waals surface area (Å²) in [7, 11) is 1.78. The van der Waals surface area contributed by atoms with Crippen LogP contribution in [-0.2, 0) is 4.79 Å². The molecule has 0 aliphatic rings. The zero-order valence-electron chi connectivity index (χ0n) is 10.2. The van der Waals surface area contributed by atoms with Gasteiger partial charge in [-0.15, -0.1) is 11.3 Å². The van der Waals surface area contributed by atoms with Crippen molar-refractivity contribution in [3.63, 3.8) is 0 Å². The summed E-state index contributed by atoms with van der Waals surface area (Å²) >= 11 is 1.62. The smallest absolute Gasteiger partial charge is 0.239 e. The summed E-state index contributed by atoms with van der Waals surface area (Å²) in [5, 5.41) is 8.91. The minimum absolute atomic E-state index is 0.0124. The molecule has 2 N–H and O–H groups in total. The van der Waals surface area contributed by atoms with Gasteiger partial charge in [0.1, 0.15) is 0 Å². The molecule has 0 radical (unpaired) electrons. The molecule has 90 valence electrons. The van der Waals surface area contributed by atoms with Crippen LogP contribution >= 0.6 is 11.3 Å². The first kappa shape index (κ1) is 13.1. The summed E-state index contributed by atoms with van der Waals surface area (Å²) in [6, 6.07) is 0. The Morgan fingerprint density at radius 2 is 2.31 bits per heavy atom. The fourth-order valence-electron chi connectivity index (χ4n) is 1.15. The molecule has 1 heterocycles. The van der Waals surface area contributed by atoms with Gasteiger partial charge in [-0.25, -0.2) is 4.98 Å². The molecule has 5 heteroatoms. The van der Waals surface area contributed by atoms with Crippen LogP contribution in [0.3, 0.4) is 0 Å². The third kappa shape index (κ3) is 3.28. The number of amides is 1. The van der Waals surface area contributed by atoms with E-state index in [9.17, 15) is 4.79 Å². The maximum Gasteiger partial charge on any atom is 0.239 e. The maximum atomic E-state index is 11.8. The molecule has 0 aromatic carbocycles. The van der Waals surface area contributed by atoms with Crippen molar-refractivity contribution in [2.24, 2.45) is 0 Å². The summed E-state index contributed by atoms with van der Waals surface area (Å²) in [4.78, 5) is 16.0. The van der Waals surface area contributed by atoms with Crippen LogP contribution in [0.25, 0.3) is 0 Å². The molecule has 1 unspecified atom stereocenters. The molecule has 1 aromatic rings. The third-order valence-corrected chi connectivity index (χ3v) is 3.64. The van der Waals surface area contributed by atoms with Gasteiger partial charge in [0, 0.05) is 24.0 Å². The van der Waals surface area contributed by atoms with Gasteiger partial charge in [-0.1, -0.05) is 6.92 Å². The van der Waals surface area contributed by atoms with Gasteiger partial charge in [0.25, 0.3) is 0 Å². The van der Waals surface area contributed by atoms with E-state index >= 15 is 0 Å². The Bertz CT molecular complexity index is 335. The van der Waals surface area contributed by atoms with Crippen molar-refractivity contribution in [2.75, 3.05) is 13.6 Å². The normalized spacial score (nSPS) is 13.5. The lowest BCUT2D eigenvalue weighted by atomic mass is 10.0. The first-order chi connectivity index (χ1) is 7.47. The Morgan fingerprint density at radius 1 is 1.62 bits per heavy atom. The molecule has 1 amide bonds. The topological polar surface area (TPSA) is 54.0 Å². The Morgan fingerprint density at radius 3 is 2.81 bits per heavy atom. The fourth-order valence-corrected chi connectivity index (χ4v) is 1.84. The minimum atomic E-state index is -0.525. The Balaban J connectivity index is 2.44. The van der Waals surface area contributed by atoms with E-state index in [1.165, 1.54) is 0 Å². The largest absolute Gasteiger partial charge is 0.354 e. The van der Waals surface area contributed by atoms with Crippen molar-refractivity contribution >= 4 is 17.2 Å². The van der Waals surface area contributed by atoms with Crippen LogP contribution < -0.4 is 10.6 Å². The number of carbonyl (C=O) groups excluding carboxylic acids is 1. The van der Waals surface area contributed by atoms with Crippen LogP contribution in [0.5, 0.6) is 0 Å². The summed E-state index contributed by atoms with van der Waals surface area (Å²) in [5.74, 6) is 0.273. The molecule has 4 nitrogen and oxygen atoms in total. The van der Waals surface area contributed by atoms with Gasteiger partial charge in [-0.2, -0.15) is 0 Å². The van der Waals surface area contributed by atoms with E-state index < -0.39 is 5.54 Å². The van der Waals surface area contributed by atoms with E-state index in [2.05, 4.69) is 22.5 Å². The van der Waals surface area contributed by atoms with Crippen molar-refractivity contribution in [2.45, 2.75) is 32.2 Å². The second-order valence-corrected chi connectivity index (χ2v) is 5.28. The highest BCUT2D eigenvalue weighted by atomic mass is 32.1. The Kier molecular flexibility index (Phi) is 4.44.